The van der Waals surface area contributed by atoms with Crippen LogP contribution in [0.5, 0.6) is 0 Å². The minimum absolute atomic E-state index is 0.155. The number of rotatable bonds is 1. The van der Waals surface area contributed by atoms with E-state index in [2.05, 4.69) is 90.9 Å². The number of hydrogen-bond donors (Lipinski definition) is 0. The maximum atomic E-state index is 2.38. The van der Waals surface area contributed by atoms with Crippen molar-refractivity contribution in [2.75, 3.05) is 0 Å². The monoisotopic (exact) mass is 280 g/mol. The third-order valence-corrected chi connectivity index (χ3v) is 3.99. The van der Waals surface area contributed by atoms with Gasteiger partial charge in [-0.1, -0.05) is 89.6 Å². The third-order valence-electron chi connectivity index (χ3n) is 3.99. The standard InChI is InChI=1S/C21H28/c1-15-9-8-10-16(13-15)17-11-12-18(20(2,3)4)19(14-17)21(5,6)7/h8-14H,1-7H3. The predicted molar refractivity (Wildman–Crippen MR) is 94.0 cm³/mol. The predicted octanol–water partition coefficient (Wildman–Crippen LogP) is 6.26. The topological polar surface area (TPSA) is 0 Å². The fourth-order valence-corrected chi connectivity index (χ4v) is 2.82. The molecule has 21 heavy (non-hydrogen) atoms. The first-order valence-electron chi connectivity index (χ1n) is 7.81. The van der Waals surface area contributed by atoms with Crippen LogP contribution in [-0.2, 0) is 10.8 Å². The summed E-state index contributed by atoms with van der Waals surface area (Å²) in [6.45, 7) is 15.9. The van der Waals surface area contributed by atoms with Crippen molar-refractivity contribution in [3.8, 4) is 11.1 Å². The largest absolute Gasteiger partial charge is 0.0614 e. The Morgan fingerprint density at radius 3 is 1.71 bits per heavy atom. The van der Waals surface area contributed by atoms with Crippen molar-refractivity contribution in [2.24, 2.45) is 0 Å². The van der Waals surface area contributed by atoms with Crippen LogP contribution in [0.25, 0.3) is 11.1 Å². The molecule has 2 aromatic rings. The van der Waals surface area contributed by atoms with Crippen molar-refractivity contribution >= 4 is 0 Å². The van der Waals surface area contributed by atoms with Gasteiger partial charge in [0.15, 0.2) is 0 Å². The molecule has 0 amide bonds. The number of hydrogen-bond acceptors (Lipinski definition) is 0. The zero-order chi connectivity index (χ0) is 15.8. The lowest BCUT2D eigenvalue weighted by Gasteiger charge is -2.30. The van der Waals surface area contributed by atoms with Gasteiger partial charge in [0, 0.05) is 0 Å². The Balaban J connectivity index is 2.63. The molecule has 0 atom stereocenters. The molecule has 0 bridgehead atoms. The summed E-state index contributed by atoms with van der Waals surface area (Å²) in [5.74, 6) is 0. The van der Waals surface area contributed by atoms with Crippen LogP contribution >= 0.6 is 0 Å². The van der Waals surface area contributed by atoms with E-state index in [0.29, 0.717) is 0 Å². The van der Waals surface area contributed by atoms with E-state index < -0.39 is 0 Å². The van der Waals surface area contributed by atoms with Crippen LogP contribution in [0.3, 0.4) is 0 Å². The van der Waals surface area contributed by atoms with Crippen LogP contribution in [0, 0.1) is 6.92 Å². The Morgan fingerprint density at radius 1 is 0.619 bits per heavy atom. The summed E-state index contributed by atoms with van der Waals surface area (Å²) in [6.07, 6.45) is 0. The molecule has 0 radical (unpaired) electrons. The summed E-state index contributed by atoms with van der Waals surface area (Å²) in [4.78, 5) is 0. The Hall–Kier alpha value is -1.56. The van der Waals surface area contributed by atoms with Crippen molar-refractivity contribution in [1.82, 2.24) is 0 Å². The van der Waals surface area contributed by atoms with Crippen LogP contribution in [0.2, 0.25) is 0 Å². The van der Waals surface area contributed by atoms with Crippen molar-refractivity contribution in [1.29, 1.82) is 0 Å². The van der Waals surface area contributed by atoms with Crippen LogP contribution < -0.4 is 0 Å². The van der Waals surface area contributed by atoms with Gasteiger partial charge in [0.1, 0.15) is 0 Å². The highest BCUT2D eigenvalue weighted by Crippen LogP contribution is 2.36. The minimum Gasteiger partial charge on any atom is -0.0614 e. The molecule has 0 N–H and O–H groups in total. The molecule has 0 nitrogen and oxygen atoms in total. The van der Waals surface area contributed by atoms with E-state index in [1.54, 1.807) is 0 Å². The molecular formula is C21H28. The van der Waals surface area contributed by atoms with Gasteiger partial charge in [-0.05, 0) is 40.0 Å². The van der Waals surface area contributed by atoms with E-state index >= 15 is 0 Å². The average molecular weight is 280 g/mol. The van der Waals surface area contributed by atoms with Crippen molar-refractivity contribution < 1.29 is 0 Å². The molecule has 0 heteroatoms. The summed E-state index contributed by atoms with van der Waals surface area (Å²) in [6, 6.07) is 15.7. The van der Waals surface area contributed by atoms with Crippen LogP contribution in [0.4, 0.5) is 0 Å². The van der Waals surface area contributed by atoms with Gasteiger partial charge in [0.25, 0.3) is 0 Å². The highest BCUT2D eigenvalue weighted by atomic mass is 14.3. The molecule has 0 aromatic heterocycles. The summed E-state index contributed by atoms with van der Waals surface area (Å²) in [5.41, 5.74) is 7.17. The van der Waals surface area contributed by atoms with Crippen molar-refractivity contribution in [3.05, 3.63) is 59.2 Å². The van der Waals surface area contributed by atoms with Gasteiger partial charge in [-0.15, -0.1) is 0 Å². The molecule has 0 aliphatic heterocycles. The Bertz CT molecular complexity index is 634. The third kappa shape index (κ3) is 3.56. The maximum Gasteiger partial charge on any atom is -0.0129 e. The first kappa shape index (κ1) is 15.8. The quantitative estimate of drug-likeness (QED) is 0.578. The summed E-state index contributed by atoms with van der Waals surface area (Å²) in [7, 11) is 0. The molecule has 0 aliphatic rings. The maximum absolute atomic E-state index is 2.38. The Labute approximate surface area is 130 Å². The van der Waals surface area contributed by atoms with Gasteiger partial charge >= 0.3 is 0 Å². The molecule has 0 spiro atoms. The van der Waals surface area contributed by atoms with E-state index in [-0.39, 0.29) is 10.8 Å². The van der Waals surface area contributed by atoms with Crippen LogP contribution in [0.15, 0.2) is 42.5 Å². The molecule has 0 aliphatic carbocycles. The SMILES string of the molecule is Cc1cccc(-c2ccc(C(C)(C)C)c(C(C)(C)C)c2)c1. The molecule has 112 valence electrons. The molecule has 0 fully saturated rings. The van der Waals surface area contributed by atoms with Gasteiger partial charge in [0.05, 0.1) is 0 Å². The van der Waals surface area contributed by atoms with Gasteiger partial charge in [-0.25, -0.2) is 0 Å². The summed E-state index contributed by atoms with van der Waals surface area (Å²) in [5, 5.41) is 0. The van der Waals surface area contributed by atoms with E-state index in [9.17, 15) is 0 Å². The fourth-order valence-electron chi connectivity index (χ4n) is 2.82. The van der Waals surface area contributed by atoms with Crippen LogP contribution in [-0.4, -0.2) is 0 Å². The zero-order valence-corrected chi connectivity index (χ0v) is 14.5. The van der Waals surface area contributed by atoms with E-state index in [4.69, 9.17) is 0 Å². The highest BCUT2D eigenvalue weighted by Gasteiger charge is 2.25. The van der Waals surface area contributed by atoms with Gasteiger partial charge in [-0.2, -0.15) is 0 Å². The average Bonchev–Trinajstić information content (AvgIpc) is 2.36. The van der Waals surface area contributed by atoms with Crippen molar-refractivity contribution in [2.45, 2.75) is 59.3 Å². The second-order valence-corrected chi connectivity index (χ2v) is 8.13. The second kappa shape index (κ2) is 5.33. The fraction of sp³-hybridized carbons (Fsp3) is 0.429. The van der Waals surface area contributed by atoms with Gasteiger partial charge < -0.3 is 0 Å². The lowest BCUT2D eigenvalue weighted by molar-refractivity contribution is 0.530. The molecular weight excluding hydrogens is 252 g/mol. The van der Waals surface area contributed by atoms with E-state index in [0.717, 1.165) is 0 Å². The number of benzene rings is 2. The van der Waals surface area contributed by atoms with Gasteiger partial charge in [0.2, 0.25) is 0 Å². The molecule has 0 saturated carbocycles. The first-order chi connectivity index (χ1) is 9.59. The molecule has 2 rings (SSSR count). The smallest absolute Gasteiger partial charge is 0.0129 e. The lowest BCUT2D eigenvalue weighted by atomic mass is 9.74. The van der Waals surface area contributed by atoms with Crippen molar-refractivity contribution in [3.63, 3.8) is 0 Å². The minimum atomic E-state index is 0.155. The van der Waals surface area contributed by atoms with E-state index in [1.807, 2.05) is 0 Å². The van der Waals surface area contributed by atoms with E-state index in [1.165, 1.54) is 27.8 Å². The molecule has 0 unspecified atom stereocenters. The van der Waals surface area contributed by atoms with Crippen LogP contribution in [0.1, 0.15) is 58.2 Å². The summed E-state index contributed by atoms with van der Waals surface area (Å²) < 4.78 is 0. The zero-order valence-electron chi connectivity index (χ0n) is 14.5. The number of aryl methyl sites for hydroxylation is 1. The first-order valence-corrected chi connectivity index (χ1v) is 7.81. The Morgan fingerprint density at radius 2 is 1.19 bits per heavy atom. The Kier molecular flexibility index (Phi) is 4.02. The summed E-state index contributed by atoms with van der Waals surface area (Å²) >= 11 is 0. The molecule has 2 aromatic carbocycles. The highest BCUT2D eigenvalue weighted by molar-refractivity contribution is 5.66. The second-order valence-electron chi connectivity index (χ2n) is 8.13. The van der Waals surface area contributed by atoms with Gasteiger partial charge in [-0.3, -0.25) is 0 Å². The lowest BCUT2D eigenvalue weighted by Crippen LogP contribution is -2.21. The molecule has 0 saturated heterocycles. The normalized spacial score (nSPS) is 12.5. The molecule has 0 heterocycles.